The summed E-state index contributed by atoms with van der Waals surface area (Å²) in [6.45, 7) is 2.28. The van der Waals surface area contributed by atoms with Gasteiger partial charge in [-0.3, -0.25) is 5.10 Å². The summed E-state index contributed by atoms with van der Waals surface area (Å²) < 4.78 is 20.2. The Morgan fingerprint density at radius 3 is 2.61 bits per heavy atom. The third kappa shape index (κ3) is 3.63. The maximum atomic E-state index is 14.8. The van der Waals surface area contributed by atoms with Gasteiger partial charge in [-0.2, -0.15) is 10.4 Å². The minimum atomic E-state index is -0.502. The SMILES string of the molecule is CCN(c1nc(-c2c(F)cccc2OC)c2[nH]ncc2n1)c1c(Cl)cc(C#N)cc1Cl. The van der Waals surface area contributed by atoms with Crippen LogP contribution in [0.5, 0.6) is 5.75 Å². The lowest BCUT2D eigenvalue weighted by Gasteiger charge is -2.24. The van der Waals surface area contributed by atoms with Crippen molar-refractivity contribution < 1.29 is 9.13 Å². The molecule has 0 bridgehead atoms. The number of aromatic nitrogens is 4. The number of anilines is 2. The molecular formula is C21H15Cl2FN6O. The van der Waals surface area contributed by atoms with E-state index in [2.05, 4.69) is 20.2 Å². The van der Waals surface area contributed by atoms with E-state index in [1.54, 1.807) is 17.0 Å². The highest BCUT2D eigenvalue weighted by Crippen LogP contribution is 2.40. The molecule has 4 aromatic rings. The third-order valence-electron chi connectivity index (χ3n) is 4.69. The number of nitriles is 1. The molecule has 0 saturated carbocycles. The van der Waals surface area contributed by atoms with Crippen molar-refractivity contribution in [1.29, 1.82) is 5.26 Å². The van der Waals surface area contributed by atoms with E-state index in [0.29, 0.717) is 34.6 Å². The molecule has 0 spiro atoms. The first kappa shape index (κ1) is 20.8. The van der Waals surface area contributed by atoms with Crippen molar-refractivity contribution in [2.45, 2.75) is 6.92 Å². The Labute approximate surface area is 187 Å². The zero-order valence-corrected chi connectivity index (χ0v) is 18.0. The van der Waals surface area contributed by atoms with Gasteiger partial charge in [0.25, 0.3) is 0 Å². The fourth-order valence-corrected chi connectivity index (χ4v) is 4.01. The number of benzene rings is 2. The van der Waals surface area contributed by atoms with Crippen LogP contribution in [0.1, 0.15) is 12.5 Å². The number of ether oxygens (including phenoxy) is 1. The predicted octanol–water partition coefficient (Wildman–Crippen LogP) is 5.50. The third-order valence-corrected chi connectivity index (χ3v) is 5.27. The normalized spacial score (nSPS) is 10.8. The number of halogens is 3. The van der Waals surface area contributed by atoms with E-state index in [0.717, 1.165) is 0 Å². The van der Waals surface area contributed by atoms with Gasteiger partial charge in [-0.05, 0) is 31.2 Å². The molecule has 2 heterocycles. The molecule has 7 nitrogen and oxygen atoms in total. The molecule has 4 rings (SSSR count). The molecule has 31 heavy (non-hydrogen) atoms. The summed E-state index contributed by atoms with van der Waals surface area (Å²) in [6.07, 6.45) is 1.52. The summed E-state index contributed by atoms with van der Waals surface area (Å²) >= 11 is 12.9. The Hall–Kier alpha value is -3.41. The van der Waals surface area contributed by atoms with Crippen molar-refractivity contribution in [3.8, 4) is 23.1 Å². The zero-order chi connectivity index (χ0) is 22.1. The number of aromatic amines is 1. The van der Waals surface area contributed by atoms with Crippen LogP contribution in [0.25, 0.3) is 22.3 Å². The van der Waals surface area contributed by atoms with E-state index in [4.69, 9.17) is 33.2 Å². The molecule has 10 heteroatoms. The second-order valence-corrected chi connectivity index (χ2v) is 7.28. The van der Waals surface area contributed by atoms with Crippen molar-refractivity contribution in [3.05, 3.63) is 58.0 Å². The maximum Gasteiger partial charge on any atom is 0.231 e. The molecule has 0 aliphatic rings. The van der Waals surface area contributed by atoms with Crippen LogP contribution in [-0.2, 0) is 0 Å². The van der Waals surface area contributed by atoms with E-state index in [1.807, 2.05) is 13.0 Å². The van der Waals surface area contributed by atoms with Crippen LogP contribution in [0.4, 0.5) is 16.0 Å². The average Bonchev–Trinajstić information content (AvgIpc) is 3.24. The van der Waals surface area contributed by atoms with Gasteiger partial charge in [0, 0.05) is 6.54 Å². The van der Waals surface area contributed by atoms with Crippen LogP contribution in [-0.4, -0.2) is 33.8 Å². The highest BCUT2D eigenvalue weighted by molar-refractivity contribution is 6.39. The van der Waals surface area contributed by atoms with E-state index in [9.17, 15) is 4.39 Å². The molecule has 0 saturated heterocycles. The topological polar surface area (TPSA) is 90.7 Å². The lowest BCUT2D eigenvalue weighted by molar-refractivity contribution is 0.413. The molecule has 0 atom stereocenters. The minimum Gasteiger partial charge on any atom is -0.496 e. The summed E-state index contributed by atoms with van der Waals surface area (Å²) in [6, 6.07) is 9.58. The lowest BCUT2D eigenvalue weighted by Crippen LogP contribution is -2.20. The summed E-state index contributed by atoms with van der Waals surface area (Å²) in [4.78, 5) is 10.9. The van der Waals surface area contributed by atoms with Gasteiger partial charge in [-0.25, -0.2) is 14.4 Å². The molecule has 156 valence electrons. The smallest absolute Gasteiger partial charge is 0.231 e. The molecule has 2 aromatic heterocycles. The largest absolute Gasteiger partial charge is 0.496 e. The number of hydrogen-bond acceptors (Lipinski definition) is 6. The van der Waals surface area contributed by atoms with Gasteiger partial charge in [0.15, 0.2) is 0 Å². The number of nitrogens with zero attached hydrogens (tertiary/aromatic N) is 5. The van der Waals surface area contributed by atoms with Gasteiger partial charge in [-0.15, -0.1) is 0 Å². The van der Waals surface area contributed by atoms with Gasteiger partial charge < -0.3 is 9.64 Å². The highest BCUT2D eigenvalue weighted by Gasteiger charge is 2.24. The molecule has 0 fully saturated rings. The number of H-pyrrole nitrogens is 1. The molecule has 2 aromatic carbocycles. The van der Waals surface area contributed by atoms with E-state index in [-0.39, 0.29) is 27.3 Å². The maximum absolute atomic E-state index is 14.8. The Balaban J connectivity index is 1.98. The first-order valence-corrected chi connectivity index (χ1v) is 9.94. The average molecular weight is 457 g/mol. The van der Waals surface area contributed by atoms with Crippen molar-refractivity contribution in [2.75, 3.05) is 18.6 Å². The predicted molar refractivity (Wildman–Crippen MR) is 117 cm³/mol. The fourth-order valence-electron chi connectivity index (χ4n) is 3.32. The number of methoxy groups -OCH3 is 1. The van der Waals surface area contributed by atoms with Crippen molar-refractivity contribution in [1.82, 2.24) is 20.2 Å². The summed E-state index contributed by atoms with van der Waals surface area (Å²) in [5.74, 6) is 0.0561. The number of fused-ring (bicyclic) bond motifs is 1. The van der Waals surface area contributed by atoms with Crippen LogP contribution >= 0.6 is 23.2 Å². The fraction of sp³-hybridized carbons (Fsp3) is 0.143. The van der Waals surface area contributed by atoms with Crippen molar-refractivity contribution in [2.24, 2.45) is 0 Å². The van der Waals surface area contributed by atoms with E-state index in [1.165, 1.54) is 31.5 Å². The van der Waals surface area contributed by atoms with Gasteiger partial charge >= 0.3 is 0 Å². The highest BCUT2D eigenvalue weighted by atomic mass is 35.5. The first-order valence-electron chi connectivity index (χ1n) is 9.19. The van der Waals surface area contributed by atoms with Crippen LogP contribution in [0.2, 0.25) is 10.0 Å². The Kier molecular flexibility index (Phi) is 5.63. The minimum absolute atomic E-state index is 0.177. The molecule has 0 aliphatic carbocycles. The van der Waals surface area contributed by atoms with Gasteiger partial charge in [0.2, 0.25) is 5.95 Å². The molecular weight excluding hydrogens is 442 g/mol. The Morgan fingerprint density at radius 1 is 1.23 bits per heavy atom. The van der Waals surface area contributed by atoms with Crippen LogP contribution < -0.4 is 9.64 Å². The number of hydrogen-bond donors (Lipinski definition) is 1. The lowest BCUT2D eigenvalue weighted by atomic mass is 10.1. The quantitative estimate of drug-likeness (QED) is 0.425. The van der Waals surface area contributed by atoms with Gasteiger partial charge in [0.1, 0.15) is 28.3 Å². The Morgan fingerprint density at radius 2 is 1.97 bits per heavy atom. The van der Waals surface area contributed by atoms with Crippen LogP contribution in [0.15, 0.2) is 36.5 Å². The zero-order valence-electron chi connectivity index (χ0n) is 16.4. The number of rotatable bonds is 5. The molecule has 0 unspecified atom stereocenters. The molecule has 0 amide bonds. The molecule has 0 radical (unpaired) electrons. The van der Waals surface area contributed by atoms with Crippen molar-refractivity contribution in [3.63, 3.8) is 0 Å². The molecule has 0 aliphatic heterocycles. The van der Waals surface area contributed by atoms with Crippen molar-refractivity contribution >= 4 is 45.9 Å². The molecule has 1 N–H and O–H groups in total. The van der Waals surface area contributed by atoms with Crippen LogP contribution in [0.3, 0.4) is 0 Å². The monoisotopic (exact) mass is 456 g/mol. The Bertz CT molecular complexity index is 1310. The second-order valence-electron chi connectivity index (χ2n) is 6.46. The summed E-state index contributed by atoms with van der Waals surface area (Å²) in [5, 5.41) is 16.6. The van der Waals surface area contributed by atoms with Crippen LogP contribution in [0, 0.1) is 17.1 Å². The number of nitrogens with one attached hydrogen (secondary N) is 1. The van der Waals surface area contributed by atoms with E-state index >= 15 is 0 Å². The van der Waals surface area contributed by atoms with Gasteiger partial charge in [0.05, 0.1) is 46.2 Å². The summed E-state index contributed by atoms with van der Waals surface area (Å²) in [5.41, 5.74) is 2.17. The van der Waals surface area contributed by atoms with Gasteiger partial charge in [-0.1, -0.05) is 29.3 Å². The second kappa shape index (κ2) is 8.38. The summed E-state index contributed by atoms with van der Waals surface area (Å²) in [7, 11) is 1.46. The standard InChI is InChI=1S/C21H15Cl2FN6O/c1-3-30(20-12(22)7-11(9-25)8-13(20)23)21-27-15-10-26-29-18(15)19(28-21)17-14(24)5-4-6-16(17)31-2/h4-8,10H,3H2,1-2H3,(H,26,29). The first-order chi connectivity index (χ1) is 15.0. The van der Waals surface area contributed by atoms with E-state index < -0.39 is 5.82 Å².